The van der Waals surface area contributed by atoms with Crippen LogP contribution in [0.3, 0.4) is 0 Å². The molecule has 0 aliphatic carbocycles. The highest BCUT2D eigenvalue weighted by molar-refractivity contribution is 6.35. The SMILES string of the molecule is CC1(c2cc(F)ccc2F)NC(=O)N(CC(=O)Nc2cc(Cl)ccc2Cl)C1=O. The number of nitrogens with one attached hydrogen (secondary N) is 2. The highest BCUT2D eigenvalue weighted by atomic mass is 35.5. The molecule has 1 heterocycles. The summed E-state index contributed by atoms with van der Waals surface area (Å²) in [6, 6.07) is 6.05. The Hall–Kier alpha value is -2.71. The third-order valence-corrected chi connectivity index (χ3v) is 4.81. The molecule has 1 aliphatic rings. The number of carbonyl (C=O) groups is 3. The molecule has 1 aliphatic heterocycles. The van der Waals surface area contributed by atoms with Gasteiger partial charge in [-0.15, -0.1) is 0 Å². The lowest BCUT2D eigenvalue weighted by Gasteiger charge is -2.22. The lowest BCUT2D eigenvalue weighted by atomic mass is 9.91. The first-order valence-corrected chi connectivity index (χ1v) is 8.72. The molecule has 0 aromatic heterocycles. The topological polar surface area (TPSA) is 78.5 Å². The van der Waals surface area contributed by atoms with E-state index in [0.29, 0.717) is 9.92 Å². The molecule has 0 spiro atoms. The van der Waals surface area contributed by atoms with Crippen molar-refractivity contribution in [3.63, 3.8) is 0 Å². The first-order valence-electron chi connectivity index (χ1n) is 7.96. The normalized spacial score (nSPS) is 19.0. The molecule has 146 valence electrons. The maximum absolute atomic E-state index is 14.1. The number of benzene rings is 2. The van der Waals surface area contributed by atoms with Crippen molar-refractivity contribution in [3.8, 4) is 0 Å². The number of nitrogens with zero attached hydrogens (tertiary/aromatic N) is 1. The molecule has 0 bridgehead atoms. The van der Waals surface area contributed by atoms with Crippen molar-refractivity contribution in [2.45, 2.75) is 12.5 Å². The molecule has 1 unspecified atom stereocenters. The average Bonchev–Trinajstić information content (AvgIpc) is 2.84. The molecule has 1 fully saturated rings. The van der Waals surface area contributed by atoms with Gasteiger partial charge < -0.3 is 10.6 Å². The molecule has 2 aromatic carbocycles. The van der Waals surface area contributed by atoms with Crippen LogP contribution in [0.2, 0.25) is 10.0 Å². The fourth-order valence-corrected chi connectivity index (χ4v) is 3.17. The lowest BCUT2D eigenvalue weighted by Crippen LogP contribution is -2.42. The number of imide groups is 1. The summed E-state index contributed by atoms with van der Waals surface area (Å²) in [5, 5.41) is 5.28. The Bertz CT molecular complexity index is 1000. The predicted molar refractivity (Wildman–Crippen MR) is 99.0 cm³/mol. The summed E-state index contributed by atoms with van der Waals surface area (Å²) < 4.78 is 27.7. The van der Waals surface area contributed by atoms with E-state index in [1.165, 1.54) is 25.1 Å². The second-order valence-electron chi connectivity index (χ2n) is 6.24. The Kier molecular flexibility index (Phi) is 5.27. The molecule has 2 N–H and O–H groups in total. The minimum atomic E-state index is -1.85. The molecule has 0 saturated carbocycles. The van der Waals surface area contributed by atoms with Crippen molar-refractivity contribution in [1.29, 1.82) is 0 Å². The number of hydrogen-bond acceptors (Lipinski definition) is 3. The molecule has 28 heavy (non-hydrogen) atoms. The summed E-state index contributed by atoms with van der Waals surface area (Å²) >= 11 is 11.8. The Labute approximate surface area is 168 Å². The van der Waals surface area contributed by atoms with E-state index in [-0.39, 0.29) is 16.3 Å². The van der Waals surface area contributed by atoms with E-state index < -0.39 is 41.6 Å². The number of carbonyl (C=O) groups excluding carboxylic acids is 3. The van der Waals surface area contributed by atoms with Crippen molar-refractivity contribution in [3.05, 3.63) is 63.6 Å². The van der Waals surface area contributed by atoms with E-state index >= 15 is 0 Å². The number of hydrogen-bond donors (Lipinski definition) is 2. The molecule has 4 amide bonds. The van der Waals surface area contributed by atoms with E-state index in [1.54, 1.807) is 0 Å². The number of amides is 4. The van der Waals surface area contributed by atoms with Gasteiger partial charge in [0.2, 0.25) is 5.91 Å². The Morgan fingerprint density at radius 2 is 1.89 bits per heavy atom. The number of rotatable bonds is 4. The zero-order valence-corrected chi connectivity index (χ0v) is 15.9. The van der Waals surface area contributed by atoms with E-state index in [2.05, 4.69) is 10.6 Å². The van der Waals surface area contributed by atoms with Gasteiger partial charge in [0.1, 0.15) is 23.7 Å². The van der Waals surface area contributed by atoms with Crippen LogP contribution in [0.5, 0.6) is 0 Å². The zero-order valence-electron chi connectivity index (χ0n) is 14.4. The first-order chi connectivity index (χ1) is 13.1. The van der Waals surface area contributed by atoms with Gasteiger partial charge in [-0.1, -0.05) is 23.2 Å². The first kappa shape index (κ1) is 20.0. The van der Waals surface area contributed by atoms with Gasteiger partial charge >= 0.3 is 6.03 Å². The van der Waals surface area contributed by atoms with Crippen LogP contribution in [0.4, 0.5) is 19.3 Å². The van der Waals surface area contributed by atoms with Crippen LogP contribution < -0.4 is 10.6 Å². The monoisotopic (exact) mass is 427 g/mol. The third-order valence-electron chi connectivity index (χ3n) is 4.25. The van der Waals surface area contributed by atoms with Gasteiger partial charge in [-0.25, -0.2) is 13.6 Å². The van der Waals surface area contributed by atoms with Gasteiger partial charge in [-0.3, -0.25) is 14.5 Å². The molecular formula is C18H13Cl2F2N3O3. The van der Waals surface area contributed by atoms with Gasteiger partial charge in [0.15, 0.2) is 0 Å². The fraction of sp³-hybridized carbons (Fsp3) is 0.167. The second-order valence-corrected chi connectivity index (χ2v) is 7.09. The standard InChI is InChI=1S/C18H13Cl2F2N3O3/c1-18(11-7-10(21)3-5-13(11)22)16(27)25(17(28)24-18)8-15(26)23-14-6-9(19)2-4-12(14)20/h2-7H,8H2,1H3,(H,23,26)(H,24,28). The number of anilines is 1. The van der Waals surface area contributed by atoms with E-state index in [0.717, 1.165) is 18.2 Å². The zero-order chi connectivity index (χ0) is 20.6. The Morgan fingerprint density at radius 1 is 1.18 bits per heavy atom. The number of urea groups is 1. The van der Waals surface area contributed by atoms with E-state index in [4.69, 9.17) is 23.2 Å². The number of halogens is 4. The Morgan fingerprint density at radius 3 is 2.61 bits per heavy atom. The minimum absolute atomic E-state index is 0.199. The molecular weight excluding hydrogens is 415 g/mol. The Balaban J connectivity index is 1.81. The largest absolute Gasteiger partial charge is 0.325 e. The lowest BCUT2D eigenvalue weighted by molar-refractivity contribution is -0.133. The maximum atomic E-state index is 14.1. The molecule has 3 rings (SSSR count). The molecule has 10 heteroatoms. The van der Waals surface area contributed by atoms with Gasteiger partial charge in [0, 0.05) is 10.6 Å². The van der Waals surface area contributed by atoms with Crippen LogP contribution >= 0.6 is 23.2 Å². The van der Waals surface area contributed by atoms with Crippen LogP contribution in [0, 0.1) is 11.6 Å². The van der Waals surface area contributed by atoms with Crippen LogP contribution in [0.1, 0.15) is 12.5 Å². The van der Waals surface area contributed by atoms with Crippen molar-refractivity contribution >= 4 is 46.7 Å². The van der Waals surface area contributed by atoms with Gasteiger partial charge in [0.25, 0.3) is 5.91 Å². The summed E-state index contributed by atoms with van der Waals surface area (Å²) in [6.45, 7) is 0.580. The van der Waals surface area contributed by atoms with Crippen LogP contribution in [-0.2, 0) is 15.1 Å². The van der Waals surface area contributed by atoms with Crippen molar-refractivity contribution < 1.29 is 23.2 Å². The van der Waals surface area contributed by atoms with Crippen LogP contribution in [0.25, 0.3) is 0 Å². The van der Waals surface area contributed by atoms with Crippen molar-refractivity contribution in [2.75, 3.05) is 11.9 Å². The van der Waals surface area contributed by atoms with Gasteiger partial charge in [-0.2, -0.15) is 0 Å². The smallest absolute Gasteiger partial charge is 0.323 e. The molecule has 1 atom stereocenters. The quantitative estimate of drug-likeness (QED) is 0.730. The van der Waals surface area contributed by atoms with Gasteiger partial charge in [0.05, 0.1) is 10.7 Å². The van der Waals surface area contributed by atoms with Crippen molar-refractivity contribution in [2.24, 2.45) is 0 Å². The van der Waals surface area contributed by atoms with E-state index in [9.17, 15) is 23.2 Å². The molecule has 2 aromatic rings. The molecule has 6 nitrogen and oxygen atoms in total. The molecule has 1 saturated heterocycles. The average molecular weight is 428 g/mol. The summed E-state index contributed by atoms with van der Waals surface area (Å²) in [4.78, 5) is 37.8. The van der Waals surface area contributed by atoms with Crippen molar-refractivity contribution in [1.82, 2.24) is 10.2 Å². The van der Waals surface area contributed by atoms with Crippen LogP contribution in [-0.4, -0.2) is 29.3 Å². The maximum Gasteiger partial charge on any atom is 0.325 e. The summed E-state index contributed by atoms with van der Waals surface area (Å²) in [6.07, 6.45) is 0. The highest BCUT2D eigenvalue weighted by Crippen LogP contribution is 2.31. The second kappa shape index (κ2) is 7.37. The van der Waals surface area contributed by atoms with Gasteiger partial charge in [-0.05, 0) is 43.3 Å². The summed E-state index contributed by atoms with van der Waals surface area (Å²) in [5.74, 6) is -3.26. The molecule has 0 radical (unpaired) electrons. The predicted octanol–water partition coefficient (Wildman–Crippen LogP) is 3.68. The summed E-state index contributed by atoms with van der Waals surface area (Å²) in [7, 11) is 0. The van der Waals surface area contributed by atoms with Crippen LogP contribution in [0.15, 0.2) is 36.4 Å². The third kappa shape index (κ3) is 3.65. The summed E-state index contributed by atoms with van der Waals surface area (Å²) in [5.41, 5.74) is -1.99. The minimum Gasteiger partial charge on any atom is -0.323 e. The van der Waals surface area contributed by atoms with E-state index in [1.807, 2.05) is 0 Å². The fourth-order valence-electron chi connectivity index (χ4n) is 2.83. The highest BCUT2D eigenvalue weighted by Gasteiger charge is 2.50.